The first kappa shape index (κ1) is 17.9. The molecular weight excluding hydrogens is 392 g/mol. The third-order valence-corrected chi connectivity index (χ3v) is 4.93. The van der Waals surface area contributed by atoms with E-state index in [9.17, 15) is 5.26 Å². The molecule has 3 rings (SSSR count). The van der Waals surface area contributed by atoms with Gasteiger partial charge < -0.3 is 23.7 Å². The first-order valence-electron chi connectivity index (χ1n) is 7.77. The Bertz CT molecular complexity index is 738. The molecule has 0 aliphatic carbocycles. The molecule has 0 bridgehead atoms. The van der Waals surface area contributed by atoms with Crippen molar-refractivity contribution in [2.75, 3.05) is 47.6 Å². The predicted octanol–water partition coefficient (Wildman–Crippen LogP) is 2.43. The SMILES string of the molecule is COc1c(Br)c(OC)c(OC)c2c1C=C(C#N)C(N1CCOCC1)O2. The predicted molar refractivity (Wildman–Crippen MR) is 94.2 cm³/mol. The zero-order valence-corrected chi connectivity index (χ0v) is 15.9. The molecule has 1 aromatic carbocycles. The van der Waals surface area contributed by atoms with E-state index in [0.29, 0.717) is 64.9 Å². The van der Waals surface area contributed by atoms with Crippen molar-refractivity contribution in [1.82, 2.24) is 4.90 Å². The third kappa shape index (κ3) is 3.03. The summed E-state index contributed by atoms with van der Waals surface area (Å²) in [6, 6.07) is 2.24. The summed E-state index contributed by atoms with van der Waals surface area (Å²) in [5.41, 5.74) is 1.15. The van der Waals surface area contributed by atoms with Crippen LogP contribution >= 0.6 is 15.9 Å². The molecule has 2 aliphatic heterocycles. The van der Waals surface area contributed by atoms with Gasteiger partial charge in [-0.05, 0) is 22.0 Å². The minimum absolute atomic E-state index is 0.455. The van der Waals surface area contributed by atoms with Gasteiger partial charge in [-0.3, -0.25) is 4.90 Å². The Morgan fingerprint density at radius 3 is 2.32 bits per heavy atom. The number of benzene rings is 1. The van der Waals surface area contributed by atoms with Gasteiger partial charge in [0.05, 0.1) is 45.7 Å². The maximum atomic E-state index is 9.61. The van der Waals surface area contributed by atoms with Crippen molar-refractivity contribution in [2.45, 2.75) is 6.23 Å². The van der Waals surface area contributed by atoms with Crippen molar-refractivity contribution in [3.05, 3.63) is 15.6 Å². The molecule has 25 heavy (non-hydrogen) atoms. The molecule has 0 radical (unpaired) electrons. The van der Waals surface area contributed by atoms with Gasteiger partial charge in [0.15, 0.2) is 17.7 Å². The van der Waals surface area contributed by atoms with Gasteiger partial charge in [0.1, 0.15) is 16.3 Å². The molecule has 8 heteroatoms. The Morgan fingerprint density at radius 2 is 1.76 bits per heavy atom. The molecule has 1 saturated heterocycles. The van der Waals surface area contributed by atoms with Gasteiger partial charge in [0, 0.05) is 13.1 Å². The molecule has 1 aromatic rings. The highest BCUT2D eigenvalue weighted by Gasteiger charge is 2.35. The molecule has 0 N–H and O–H groups in total. The van der Waals surface area contributed by atoms with Gasteiger partial charge in [-0.15, -0.1) is 0 Å². The normalized spacial score (nSPS) is 20.0. The Morgan fingerprint density at radius 1 is 1.12 bits per heavy atom. The monoisotopic (exact) mass is 410 g/mol. The van der Waals surface area contributed by atoms with Crippen LogP contribution in [0.1, 0.15) is 5.56 Å². The van der Waals surface area contributed by atoms with Crippen LogP contribution in [0.2, 0.25) is 0 Å². The summed E-state index contributed by atoms with van der Waals surface area (Å²) in [5.74, 6) is 1.96. The van der Waals surface area contributed by atoms with Crippen molar-refractivity contribution < 1.29 is 23.7 Å². The van der Waals surface area contributed by atoms with E-state index in [4.69, 9.17) is 23.7 Å². The van der Waals surface area contributed by atoms with Crippen molar-refractivity contribution >= 4 is 22.0 Å². The Balaban J connectivity index is 2.15. The molecule has 0 spiro atoms. The van der Waals surface area contributed by atoms with E-state index in [1.807, 2.05) is 0 Å². The molecule has 1 atom stereocenters. The second kappa shape index (κ2) is 7.52. The molecule has 1 unspecified atom stereocenters. The van der Waals surface area contributed by atoms with Crippen molar-refractivity contribution in [3.63, 3.8) is 0 Å². The number of morpholine rings is 1. The maximum Gasteiger partial charge on any atom is 0.205 e. The highest BCUT2D eigenvalue weighted by Crippen LogP contribution is 2.54. The fraction of sp³-hybridized carbons (Fsp3) is 0.471. The second-order valence-corrected chi connectivity index (χ2v) is 6.28. The molecule has 1 fully saturated rings. The van der Waals surface area contributed by atoms with Gasteiger partial charge in [-0.2, -0.15) is 5.26 Å². The molecule has 2 aliphatic rings. The van der Waals surface area contributed by atoms with E-state index in [2.05, 4.69) is 26.9 Å². The van der Waals surface area contributed by atoms with E-state index >= 15 is 0 Å². The topological polar surface area (TPSA) is 73.2 Å². The number of nitriles is 1. The lowest BCUT2D eigenvalue weighted by Gasteiger charge is -2.37. The van der Waals surface area contributed by atoms with Gasteiger partial charge >= 0.3 is 0 Å². The standard InChI is InChI=1S/C17H19BrN2O5/c1-21-13-11-8-10(9-19)17(20-4-6-24-7-5-20)25-14(11)16(23-3)15(22-2)12(13)18/h8,17H,4-7H2,1-3H3. The van der Waals surface area contributed by atoms with Crippen LogP contribution in [0.4, 0.5) is 0 Å². The Kier molecular flexibility index (Phi) is 5.37. The molecule has 134 valence electrons. The Labute approximate surface area is 154 Å². The maximum absolute atomic E-state index is 9.61. The zero-order valence-electron chi connectivity index (χ0n) is 14.3. The van der Waals surface area contributed by atoms with E-state index in [1.165, 1.54) is 0 Å². The molecule has 2 heterocycles. The molecular formula is C17H19BrN2O5. The van der Waals surface area contributed by atoms with Crippen LogP contribution in [0, 0.1) is 11.3 Å². The number of hydrogen-bond acceptors (Lipinski definition) is 7. The van der Waals surface area contributed by atoms with Crippen molar-refractivity contribution in [1.29, 1.82) is 5.26 Å². The van der Waals surface area contributed by atoms with Gasteiger partial charge in [0.2, 0.25) is 5.75 Å². The lowest BCUT2D eigenvalue weighted by atomic mass is 10.0. The number of methoxy groups -OCH3 is 3. The average molecular weight is 411 g/mol. The highest BCUT2D eigenvalue weighted by molar-refractivity contribution is 9.10. The summed E-state index contributed by atoms with van der Waals surface area (Å²) < 4.78 is 28.7. The van der Waals surface area contributed by atoms with E-state index < -0.39 is 6.23 Å². The fourth-order valence-corrected chi connectivity index (χ4v) is 3.75. The minimum Gasteiger partial charge on any atom is -0.495 e. The third-order valence-electron chi connectivity index (χ3n) is 4.21. The summed E-state index contributed by atoms with van der Waals surface area (Å²) in [7, 11) is 4.65. The first-order valence-corrected chi connectivity index (χ1v) is 8.57. The highest BCUT2D eigenvalue weighted by atomic mass is 79.9. The van der Waals surface area contributed by atoms with E-state index in [1.54, 1.807) is 27.4 Å². The number of halogens is 1. The largest absolute Gasteiger partial charge is 0.495 e. The lowest BCUT2D eigenvalue weighted by molar-refractivity contribution is -0.0298. The summed E-state index contributed by atoms with van der Waals surface area (Å²) >= 11 is 3.48. The second-order valence-electron chi connectivity index (χ2n) is 5.49. The van der Waals surface area contributed by atoms with Gasteiger partial charge in [-0.1, -0.05) is 0 Å². The van der Waals surface area contributed by atoms with Crippen molar-refractivity contribution in [2.24, 2.45) is 0 Å². The van der Waals surface area contributed by atoms with Crippen LogP contribution in [0.5, 0.6) is 23.0 Å². The lowest BCUT2D eigenvalue weighted by Crippen LogP contribution is -2.47. The van der Waals surface area contributed by atoms with Crippen LogP contribution in [0.3, 0.4) is 0 Å². The Hall–Kier alpha value is -1.95. The van der Waals surface area contributed by atoms with Gasteiger partial charge in [-0.25, -0.2) is 0 Å². The summed E-state index contributed by atoms with van der Waals surface area (Å²) in [6.07, 6.45) is 1.29. The quantitative estimate of drug-likeness (QED) is 0.754. The number of ether oxygens (including phenoxy) is 5. The van der Waals surface area contributed by atoms with Crippen LogP contribution < -0.4 is 18.9 Å². The summed E-state index contributed by atoms with van der Waals surface area (Å²) in [5, 5.41) is 9.61. The summed E-state index contributed by atoms with van der Waals surface area (Å²) in [6.45, 7) is 2.59. The molecule has 0 amide bonds. The first-order chi connectivity index (χ1) is 12.2. The van der Waals surface area contributed by atoms with Crippen LogP contribution in [0.25, 0.3) is 6.08 Å². The number of hydrogen-bond donors (Lipinski definition) is 0. The minimum atomic E-state index is -0.495. The van der Waals surface area contributed by atoms with Crippen LogP contribution in [-0.2, 0) is 4.74 Å². The molecule has 7 nitrogen and oxygen atoms in total. The van der Waals surface area contributed by atoms with Gasteiger partial charge in [0.25, 0.3) is 0 Å². The number of fused-ring (bicyclic) bond motifs is 1. The van der Waals surface area contributed by atoms with E-state index in [0.717, 1.165) is 0 Å². The average Bonchev–Trinajstić information content (AvgIpc) is 2.66. The fourth-order valence-electron chi connectivity index (χ4n) is 3.04. The molecule has 0 aromatic heterocycles. The smallest absolute Gasteiger partial charge is 0.205 e. The van der Waals surface area contributed by atoms with Crippen molar-refractivity contribution in [3.8, 4) is 29.1 Å². The zero-order chi connectivity index (χ0) is 18.0. The van der Waals surface area contributed by atoms with Crippen LogP contribution in [-0.4, -0.2) is 58.8 Å². The van der Waals surface area contributed by atoms with E-state index in [-0.39, 0.29) is 0 Å². The van der Waals surface area contributed by atoms with Crippen LogP contribution in [0.15, 0.2) is 10.0 Å². The summed E-state index contributed by atoms with van der Waals surface area (Å²) in [4.78, 5) is 2.07. The molecule has 0 saturated carbocycles. The number of nitrogens with zero attached hydrogens (tertiary/aromatic N) is 2. The number of rotatable bonds is 4.